The highest BCUT2D eigenvalue weighted by atomic mass is 16.2. The second kappa shape index (κ2) is 6.56. The van der Waals surface area contributed by atoms with E-state index in [1.165, 1.54) is 11.1 Å². The van der Waals surface area contributed by atoms with E-state index in [-0.39, 0.29) is 5.91 Å². The lowest BCUT2D eigenvalue weighted by Gasteiger charge is -2.11. The number of allylic oxidation sites excluding steroid dienone is 1. The van der Waals surface area contributed by atoms with Crippen LogP contribution in [0.3, 0.4) is 0 Å². The Morgan fingerprint density at radius 1 is 1.00 bits per heavy atom. The van der Waals surface area contributed by atoms with E-state index in [2.05, 4.69) is 28.2 Å². The molecule has 2 aromatic heterocycles. The summed E-state index contributed by atoms with van der Waals surface area (Å²) < 4.78 is 0. The highest BCUT2D eigenvalue weighted by Crippen LogP contribution is 2.32. The van der Waals surface area contributed by atoms with Crippen molar-refractivity contribution < 1.29 is 4.79 Å². The lowest BCUT2D eigenvalue weighted by Crippen LogP contribution is -2.21. The molecule has 0 radical (unpaired) electrons. The van der Waals surface area contributed by atoms with Crippen LogP contribution in [0.2, 0.25) is 0 Å². The minimum atomic E-state index is 0.00337. The third-order valence-electron chi connectivity index (χ3n) is 4.60. The summed E-state index contributed by atoms with van der Waals surface area (Å²) in [6.07, 6.45) is 8.64. The van der Waals surface area contributed by atoms with Crippen molar-refractivity contribution in [2.45, 2.75) is 6.42 Å². The first-order chi connectivity index (χ1) is 12.6. The van der Waals surface area contributed by atoms with E-state index in [0.717, 1.165) is 28.8 Å². The maximum absolute atomic E-state index is 12.0. The lowest BCUT2D eigenvalue weighted by molar-refractivity contribution is 0.0827. The summed E-state index contributed by atoms with van der Waals surface area (Å²) in [5.41, 5.74) is 7.31. The summed E-state index contributed by atoms with van der Waals surface area (Å²) in [6.45, 7) is 0. The SMILES string of the molecule is CN(C)C(=O)c1ccc(-c2cncc(C3=CCc4ncccc43)c2)cc1. The molecular formula is C22H19N3O. The van der Waals surface area contributed by atoms with Crippen molar-refractivity contribution in [2.75, 3.05) is 14.1 Å². The normalized spacial score (nSPS) is 12.5. The van der Waals surface area contributed by atoms with Crippen molar-refractivity contribution in [3.8, 4) is 11.1 Å². The van der Waals surface area contributed by atoms with E-state index < -0.39 is 0 Å². The van der Waals surface area contributed by atoms with Crippen LogP contribution < -0.4 is 0 Å². The number of nitrogens with zero attached hydrogens (tertiary/aromatic N) is 3. The fourth-order valence-electron chi connectivity index (χ4n) is 3.24. The maximum atomic E-state index is 12.0. The summed E-state index contributed by atoms with van der Waals surface area (Å²) >= 11 is 0. The minimum absolute atomic E-state index is 0.00337. The van der Waals surface area contributed by atoms with Crippen LogP contribution in [0.4, 0.5) is 0 Å². The van der Waals surface area contributed by atoms with Gasteiger partial charge in [0.15, 0.2) is 0 Å². The van der Waals surface area contributed by atoms with Gasteiger partial charge in [-0.3, -0.25) is 14.8 Å². The van der Waals surface area contributed by atoms with E-state index in [1.807, 2.05) is 48.9 Å². The zero-order chi connectivity index (χ0) is 18.1. The molecule has 0 aliphatic heterocycles. The van der Waals surface area contributed by atoms with Crippen LogP contribution in [0.15, 0.2) is 67.1 Å². The number of carbonyl (C=O) groups is 1. The van der Waals surface area contributed by atoms with Crippen LogP contribution in [0, 0.1) is 0 Å². The fraction of sp³-hybridized carbons (Fsp3) is 0.136. The molecule has 0 saturated heterocycles. The van der Waals surface area contributed by atoms with Crippen molar-refractivity contribution in [2.24, 2.45) is 0 Å². The smallest absolute Gasteiger partial charge is 0.253 e. The highest BCUT2D eigenvalue weighted by Gasteiger charge is 2.17. The molecule has 0 bridgehead atoms. The van der Waals surface area contributed by atoms with Gasteiger partial charge in [-0.05, 0) is 35.4 Å². The summed E-state index contributed by atoms with van der Waals surface area (Å²) in [5, 5.41) is 0. The Bertz CT molecular complexity index is 1000. The van der Waals surface area contributed by atoms with E-state index in [9.17, 15) is 4.79 Å². The van der Waals surface area contributed by atoms with Crippen LogP contribution in [-0.2, 0) is 6.42 Å². The Balaban J connectivity index is 1.66. The molecule has 0 spiro atoms. The van der Waals surface area contributed by atoms with Gasteiger partial charge in [-0.1, -0.05) is 24.3 Å². The Morgan fingerprint density at radius 3 is 2.54 bits per heavy atom. The first-order valence-corrected chi connectivity index (χ1v) is 8.55. The number of pyridine rings is 2. The third kappa shape index (κ3) is 2.90. The van der Waals surface area contributed by atoms with Gasteiger partial charge in [-0.25, -0.2) is 0 Å². The van der Waals surface area contributed by atoms with Gasteiger partial charge in [0.2, 0.25) is 0 Å². The molecule has 4 rings (SSSR count). The van der Waals surface area contributed by atoms with E-state index >= 15 is 0 Å². The predicted molar refractivity (Wildman–Crippen MR) is 103 cm³/mol. The van der Waals surface area contributed by atoms with Gasteiger partial charge in [0.25, 0.3) is 5.91 Å². The number of benzene rings is 1. The number of aromatic nitrogens is 2. The third-order valence-corrected chi connectivity index (χ3v) is 4.60. The van der Waals surface area contributed by atoms with Crippen molar-refractivity contribution in [3.63, 3.8) is 0 Å². The highest BCUT2D eigenvalue weighted by molar-refractivity contribution is 5.94. The number of carbonyl (C=O) groups excluding carboxylic acids is 1. The summed E-state index contributed by atoms with van der Waals surface area (Å²) in [7, 11) is 3.51. The largest absolute Gasteiger partial charge is 0.345 e. The van der Waals surface area contributed by atoms with Gasteiger partial charge in [-0.2, -0.15) is 0 Å². The molecule has 1 aliphatic carbocycles. The van der Waals surface area contributed by atoms with Gasteiger partial charge in [0.05, 0.1) is 5.69 Å². The van der Waals surface area contributed by atoms with Crippen LogP contribution in [-0.4, -0.2) is 34.9 Å². The Labute approximate surface area is 152 Å². The van der Waals surface area contributed by atoms with Gasteiger partial charge < -0.3 is 4.90 Å². The molecule has 4 heteroatoms. The number of fused-ring (bicyclic) bond motifs is 1. The Hall–Kier alpha value is -3.27. The van der Waals surface area contributed by atoms with Crippen molar-refractivity contribution in [1.82, 2.24) is 14.9 Å². The molecule has 2 heterocycles. The molecule has 128 valence electrons. The summed E-state index contributed by atoms with van der Waals surface area (Å²) in [5.74, 6) is 0.00337. The molecule has 3 aromatic rings. The van der Waals surface area contributed by atoms with Crippen molar-refractivity contribution in [1.29, 1.82) is 0 Å². The number of rotatable bonds is 3. The first kappa shape index (κ1) is 16.2. The zero-order valence-electron chi connectivity index (χ0n) is 14.8. The molecule has 4 nitrogen and oxygen atoms in total. The lowest BCUT2D eigenvalue weighted by atomic mass is 9.98. The Kier molecular flexibility index (Phi) is 4.09. The second-order valence-corrected chi connectivity index (χ2v) is 6.56. The molecule has 0 saturated carbocycles. The average molecular weight is 341 g/mol. The molecule has 0 atom stereocenters. The maximum Gasteiger partial charge on any atom is 0.253 e. The number of amides is 1. The Morgan fingerprint density at radius 2 is 1.77 bits per heavy atom. The molecule has 0 fully saturated rings. The van der Waals surface area contributed by atoms with E-state index in [4.69, 9.17) is 0 Å². The van der Waals surface area contributed by atoms with Crippen molar-refractivity contribution in [3.05, 3.63) is 89.5 Å². The quantitative estimate of drug-likeness (QED) is 0.727. The average Bonchev–Trinajstić information content (AvgIpc) is 3.12. The standard InChI is InChI=1S/C22H19N3O/c1-25(2)22(26)16-7-5-15(6-8-16)17-12-18(14-23-13-17)19-9-10-21-20(19)4-3-11-24-21/h3-9,11-14H,10H2,1-2H3. The van der Waals surface area contributed by atoms with Gasteiger partial charge in [0.1, 0.15) is 0 Å². The molecule has 1 aliphatic rings. The second-order valence-electron chi connectivity index (χ2n) is 6.56. The molecule has 0 N–H and O–H groups in total. The van der Waals surface area contributed by atoms with Gasteiger partial charge in [0, 0.05) is 61.4 Å². The topological polar surface area (TPSA) is 46.1 Å². The summed E-state index contributed by atoms with van der Waals surface area (Å²) in [6, 6.07) is 13.9. The van der Waals surface area contributed by atoms with E-state index in [1.54, 1.807) is 19.0 Å². The first-order valence-electron chi connectivity index (χ1n) is 8.55. The number of hydrogen-bond donors (Lipinski definition) is 0. The zero-order valence-corrected chi connectivity index (χ0v) is 14.8. The van der Waals surface area contributed by atoms with Crippen LogP contribution >= 0.6 is 0 Å². The van der Waals surface area contributed by atoms with Gasteiger partial charge in [-0.15, -0.1) is 0 Å². The monoisotopic (exact) mass is 341 g/mol. The van der Waals surface area contributed by atoms with Crippen LogP contribution in [0.5, 0.6) is 0 Å². The van der Waals surface area contributed by atoms with Crippen LogP contribution in [0.1, 0.15) is 27.2 Å². The molecule has 26 heavy (non-hydrogen) atoms. The minimum Gasteiger partial charge on any atom is -0.345 e. The van der Waals surface area contributed by atoms with Crippen molar-refractivity contribution >= 4 is 11.5 Å². The predicted octanol–water partition coefficient (Wildman–Crippen LogP) is 3.83. The molecule has 1 amide bonds. The summed E-state index contributed by atoms with van der Waals surface area (Å²) in [4.78, 5) is 22.5. The fourth-order valence-corrected chi connectivity index (χ4v) is 3.24. The van der Waals surface area contributed by atoms with E-state index in [0.29, 0.717) is 5.56 Å². The molecule has 1 aromatic carbocycles. The van der Waals surface area contributed by atoms with Crippen LogP contribution in [0.25, 0.3) is 16.7 Å². The molecular weight excluding hydrogens is 322 g/mol. The molecule has 0 unspecified atom stereocenters. The van der Waals surface area contributed by atoms with Gasteiger partial charge >= 0.3 is 0 Å². The number of hydrogen-bond acceptors (Lipinski definition) is 3.